The van der Waals surface area contributed by atoms with Crippen LogP contribution >= 0.6 is 23.2 Å². The van der Waals surface area contributed by atoms with Crippen LogP contribution in [-0.2, 0) is 4.79 Å². The summed E-state index contributed by atoms with van der Waals surface area (Å²) in [4.78, 5) is 27.3. The Labute approximate surface area is 140 Å². The van der Waals surface area contributed by atoms with Gasteiger partial charge in [0.2, 0.25) is 0 Å². The van der Waals surface area contributed by atoms with E-state index in [9.17, 15) is 14.0 Å². The molecule has 0 bridgehead atoms. The van der Waals surface area contributed by atoms with Crippen LogP contribution in [-0.4, -0.2) is 16.7 Å². The van der Waals surface area contributed by atoms with Gasteiger partial charge in [0, 0.05) is 17.1 Å². The lowest BCUT2D eigenvalue weighted by atomic mass is 10.1. The molecule has 0 saturated carbocycles. The van der Waals surface area contributed by atoms with Gasteiger partial charge in [0.15, 0.2) is 0 Å². The number of hydrogen-bond donors (Lipinski definition) is 2. The maximum absolute atomic E-state index is 13.3. The fourth-order valence-electron chi connectivity index (χ4n) is 2.18. The number of nitrogens with one attached hydrogen (secondary N) is 2. The number of carbonyl (C=O) groups excluding carboxylic acids is 2. The van der Waals surface area contributed by atoms with Crippen LogP contribution in [0.4, 0.5) is 10.1 Å². The molecule has 0 aliphatic heterocycles. The van der Waals surface area contributed by atoms with Crippen molar-refractivity contribution in [3.63, 3.8) is 0 Å². The van der Waals surface area contributed by atoms with E-state index in [1.807, 2.05) is 0 Å². The lowest BCUT2D eigenvalue weighted by Crippen LogP contribution is -2.22. The van der Waals surface area contributed by atoms with Crippen LogP contribution in [0.3, 0.4) is 0 Å². The summed E-state index contributed by atoms with van der Waals surface area (Å²) in [6, 6.07) is 8.62. The molecule has 1 amide bonds. The Hall–Kier alpha value is -2.37. The molecule has 1 heterocycles. The zero-order valence-corrected chi connectivity index (χ0v) is 13.0. The highest BCUT2D eigenvalue weighted by Gasteiger charge is 2.21. The maximum Gasteiger partial charge on any atom is 0.296 e. The first-order valence-corrected chi connectivity index (χ1v) is 7.29. The van der Waals surface area contributed by atoms with E-state index in [1.165, 1.54) is 30.5 Å². The molecule has 1 aromatic heterocycles. The summed E-state index contributed by atoms with van der Waals surface area (Å²) in [7, 11) is 0. The summed E-state index contributed by atoms with van der Waals surface area (Å²) in [6.07, 6.45) is 1.37. The van der Waals surface area contributed by atoms with Crippen LogP contribution in [0.15, 0.2) is 42.6 Å². The average molecular weight is 351 g/mol. The standard InChI is InChI=1S/C16H9Cl2FN2O2/c17-11-2-1-3-13(14(11)18)21-16(23)15(22)10-7-20-12-5-4-8(19)6-9(10)12/h1-7,20H,(H,21,23). The van der Waals surface area contributed by atoms with E-state index in [0.717, 1.165) is 0 Å². The van der Waals surface area contributed by atoms with Crippen molar-refractivity contribution in [2.45, 2.75) is 0 Å². The van der Waals surface area contributed by atoms with Crippen LogP contribution in [0.2, 0.25) is 10.0 Å². The molecule has 0 unspecified atom stereocenters. The number of H-pyrrole nitrogens is 1. The number of Topliss-reactive ketones (excluding diaryl/α,β-unsaturated/α-hetero) is 1. The first-order chi connectivity index (χ1) is 11.0. The quantitative estimate of drug-likeness (QED) is 0.542. The van der Waals surface area contributed by atoms with Crippen LogP contribution in [0.25, 0.3) is 10.9 Å². The third-order valence-corrected chi connectivity index (χ3v) is 4.11. The van der Waals surface area contributed by atoms with Crippen molar-refractivity contribution < 1.29 is 14.0 Å². The van der Waals surface area contributed by atoms with Crippen molar-refractivity contribution in [1.82, 2.24) is 4.98 Å². The number of fused-ring (bicyclic) bond motifs is 1. The summed E-state index contributed by atoms with van der Waals surface area (Å²) in [6.45, 7) is 0. The zero-order valence-electron chi connectivity index (χ0n) is 11.5. The van der Waals surface area contributed by atoms with Crippen molar-refractivity contribution >= 4 is 51.5 Å². The minimum atomic E-state index is -0.890. The first-order valence-electron chi connectivity index (χ1n) is 6.53. The van der Waals surface area contributed by atoms with Gasteiger partial charge in [-0.3, -0.25) is 9.59 Å². The molecule has 7 heteroatoms. The molecule has 0 aliphatic rings. The summed E-state index contributed by atoms with van der Waals surface area (Å²) in [5.41, 5.74) is 0.863. The highest BCUT2D eigenvalue weighted by molar-refractivity contribution is 6.50. The van der Waals surface area contributed by atoms with Gasteiger partial charge in [-0.05, 0) is 30.3 Å². The van der Waals surface area contributed by atoms with Gasteiger partial charge in [0.1, 0.15) is 5.82 Å². The largest absolute Gasteiger partial charge is 0.360 e. The number of ketones is 1. The van der Waals surface area contributed by atoms with Crippen LogP contribution < -0.4 is 5.32 Å². The minimum absolute atomic E-state index is 0.0788. The third kappa shape index (κ3) is 2.93. The van der Waals surface area contributed by atoms with Gasteiger partial charge in [0.05, 0.1) is 21.3 Å². The van der Waals surface area contributed by atoms with Gasteiger partial charge in [0.25, 0.3) is 11.7 Å². The summed E-state index contributed by atoms with van der Waals surface area (Å²) >= 11 is 11.8. The summed E-state index contributed by atoms with van der Waals surface area (Å²) in [5, 5.41) is 3.14. The molecule has 3 aromatic rings. The van der Waals surface area contributed by atoms with E-state index in [2.05, 4.69) is 10.3 Å². The van der Waals surface area contributed by atoms with Crippen molar-refractivity contribution in [1.29, 1.82) is 0 Å². The van der Waals surface area contributed by atoms with Crippen molar-refractivity contribution in [2.24, 2.45) is 0 Å². The van der Waals surface area contributed by atoms with Crippen molar-refractivity contribution in [3.05, 3.63) is 64.0 Å². The molecule has 0 saturated heterocycles. The average Bonchev–Trinajstić information content (AvgIpc) is 2.94. The number of aromatic amines is 1. The smallest absolute Gasteiger partial charge is 0.296 e. The normalized spacial score (nSPS) is 10.7. The van der Waals surface area contributed by atoms with Gasteiger partial charge in [-0.1, -0.05) is 29.3 Å². The summed E-state index contributed by atoms with van der Waals surface area (Å²) < 4.78 is 13.3. The second-order valence-electron chi connectivity index (χ2n) is 4.78. The molecule has 116 valence electrons. The van der Waals surface area contributed by atoms with Gasteiger partial charge >= 0.3 is 0 Å². The highest BCUT2D eigenvalue weighted by Crippen LogP contribution is 2.29. The van der Waals surface area contributed by atoms with E-state index < -0.39 is 17.5 Å². The predicted molar refractivity (Wildman–Crippen MR) is 87.7 cm³/mol. The van der Waals surface area contributed by atoms with E-state index in [4.69, 9.17) is 23.2 Å². The number of aromatic nitrogens is 1. The van der Waals surface area contributed by atoms with Gasteiger partial charge in [-0.15, -0.1) is 0 Å². The molecule has 23 heavy (non-hydrogen) atoms. The summed E-state index contributed by atoms with van der Waals surface area (Å²) in [5.74, 6) is -2.19. The van der Waals surface area contributed by atoms with Crippen LogP contribution in [0, 0.1) is 5.82 Å². The SMILES string of the molecule is O=C(Nc1cccc(Cl)c1Cl)C(=O)c1c[nH]c2ccc(F)cc12. The Morgan fingerprint density at radius 3 is 2.70 bits per heavy atom. The van der Waals surface area contributed by atoms with Gasteiger partial charge in [-0.2, -0.15) is 0 Å². The lowest BCUT2D eigenvalue weighted by molar-refractivity contribution is -0.112. The van der Waals surface area contributed by atoms with E-state index in [-0.39, 0.29) is 21.3 Å². The molecular formula is C16H9Cl2FN2O2. The Balaban J connectivity index is 1.91. The molecule has 0 spiro atoms. The number of benzene rings is 2. The minimum Gasteiger partial charge on any atom is -0.360 e. The monoisotopic (exact) mass is 350 g/mol. The van der Waals surface area contributed by atoms with Crippen molar-refractivity contribution in [3.8, 4) is 0 Å². The second kappa shape index (κ2) is 6.02. The van der Waals surface area contributed by atoms with Crippen LogP contribution in [0.5, 0.6) is 0 Å². The molecule has 0 radical (unpaired) electrons. The van der Waals surface area contributed by atoms with Crippen molar-refractivity contribution in [2.75, 3.05) is 5.32 Å². The van der Waals surface area contributed by atoms with E-state index in [1.54, 1.807) is 12.1 Å². The van der Waals surface area contributed by atoms with E-state index in [0.29, 0.717) is 10.9 Å². The molecule has 2 N–H and O–H groups in total. The Morgan fingerprint density at radius 1 is 1.13 bits per heavy atom. The van der Waals surface area contributed by atoms with Gasteiger partial charge in [-0.25, -0.2) is 4.39 Å². The fraction of sp³-hybridized carbons (Fsp3) is 0. The number of carbonyl (C=O) groups is 2. The molecule has 0 fully saturated rings. The number of anilines is 1. The van der Waals surface area contributed by atoms with Gasteiger partial charge < -0.3 is 10.3 Å². The topological polar surface area (TPSA) is 62.0 Å². The van der Waals surface area contributed by atoms with E-state index >= 15 is 0 Å². The Kier molecular flexibility index (Phi) is 4.07. The highest BCUT2D eigenvalue weighted by atomic mass is 35.5. The zero-order chi connectivity index (χ0) is 16.6. The number of hydrogen-bond acceptors (Lipinski definition) is 2. The number of amides is 1. The predicted octanol–water partition coefficient (Wildman–Crippen LogP) is 4.44. The molecule has 2 aromatic carbocycles. The van der Waals surface area contributed by atoms with Crippen LogP contribution in [0.1, 0.15) is 10.4 Å². The Morgan fingerprint density at radius 2 is 1.91 bits per heavy atom. The Bertz CT molecular complexity index is 937. The fourth-order valence-corrected chi connectivity index (χ4v) is 2.53. The molecule has 0 aliphatic carbocycles. The number of rotatable bonds is 3. The molecule has 4 nitrogen and oxygen atoms in total. The maximum atomic E-state index is 13.3. The second-order valence-corrected chi connectivity index (χ2v) is 5.56. The lowest BCUT2D eigenvalue weighted by Gasteiger charge is -2.07. The molecule has 0 atom stereocenters. The third-order valence-electron chi connectivity index (χ3n) is 3.29. The first kappa shape index (κ1) is 15.5. The number of halogens is 3. The molecule has 3 rings (SSSR count). The molecular weight excluding hydrogens is 342 g/mol.